The molecule has 0 radical (unpaired) electrons. The maximum Gasteiger partial charge on any atom is 0.321 e. The van der Waals surface area contributed by atoms with Crippen molar-refractivity contribution in [1.82, 2.24) is 9.88 Å². The van der Waals surface area contributed by atoms with Gasteiger partial charge in [-0.15, -0.1) is 0 Å². The number of aliphatic carboxylic acids is 1. The first-order chi connectivity index (χ1) is 11.6. The Labute approximate surface area is 149 Å². The van der Waals surface area contributed by atoms with E-state index in [1.54, 1.807) is 7.05 Å². The molecule has 5 heteroatoms. The van der Waals surface area contributed by atoms with E-state index < -0.39 is 12.0 Å². The number of hydrogen-bond donors (Lipinski definition) is 2. The van der Waals surface area contributed by atoms with Crippen LogP contribution in [0, 0.1) is 0 Å². The fraction of sp³-hybridized carbons (Fsp3) is 0.211. The Morgan fingerprint density at radius 3 is 2.58 bits per heavy atom. The number of carbonyl (C=O) groups is 1. The molecule has 4 nitrogen and oxygen atoms in total. The lowest BCUT2D eigenvalue weighted by Gasteiger charge is -2.09. The first-order valence-corrected chi connectivity index (χ1v) is 8.59. The lowest BCUT2D eigenvalue weighted by Crippen LogP contribution is -2.35. The fourth-order valence-electron chi connectivity index (χ4n) is 2.94. The molecule has 0 aliphatic heterocycles. The lowest BCUT2D eigenvalue weighted by molar-refractivity contribution is -0.139. The summed E-state index contributed by atoms with van der Waals surface area (Å²) in [5.41, 5.74) is 3.37. The zero-order valence-corrected chi connectivity index (χ0v) is 15.0. The number of benzene rings is 2. The molecule has 0 fully saturated rings. The van der Waals surface area contributed by atoms with Crippen molar-refractivity contribution in [2.45, 2.75) is 19.0 Å². The minimum absolute atomic E-state index is 0.458. The standard InChI is InChI=1S/C19H19BrN2O2/c1-21-17(19(23)24)10-14-12-22(18-5-3-2-4-16(14)18)11-13-6-8-15(20)9-7-13/h2-9,12,17,21H,10-11H2,1H3,(H,23,24)/t17-/m0/s1. The van der Waals surface area contributed by atoms with Gasteiger partial charge in [0.25, 0.3) is 0 Å². The quantitative estimate of drug-likeness (QED) is 0.679. The highest BCUT2D eigenvalue weighted by Gasteiger charge is 2.18. The largest absolute Gasteiger partial charge is 0.480 e. The van der Waals surface area contributed by atoms with Gasteiger partial charge < -0.3 is 15.0 Å². The van der Waals surface area contributed by atoms with Crippen LogP contribution in [0.4, 0.5) is 0 Å². The summed E-state index contributed by atoms with van der Waals surface area (Å²) in [6.07, 6.45) is 2.53. The molecule has 0 bridgehead atoms. The molecule has 2 aromatic carbocycles. The minimum Gasteiger partial charge on any atom is -0.480 e. The molecule has 24 heavy (non-hydrogen) atoms. The van der Waals surface area contributed by atoms with E-state index >= 15 is 0 Å². The van der Waals surface area contributed by atoms with E-state index in [9.17, 15) is 9.90 Å². The molecular formula is C19H19BrN2O2. The fourth-order valence-corrected chi connectivity index (χ4v) is 3.20. The molecule has 0 unspecified atom stereocenters. The molecule has 1 heterocycles. The van der Waals surface area contributed by atoms with Gasteiger partial charge in [0, 0.05) is 34.5 Å². The Balaban J connectivity index is 1.96. The third-order valence-electron chi connectivity index (χ3n) is 4.21. The summed E-state index contributed by atoms with van der Waals surface area (Å²) in [4.78, 5) is 11.3. The average Bonchev–Trinajstić information content (AvgIpc) is 2.92. The molecule has 1 atom stereocenters. The summed E-state index contributed by atoms with van der Waals surface area (Å²) < 4.78 is 3.24. The highest BCUT2D eigenvalue weighted by Crippen LogP contribution is 2.24. The highest BCUT2D eigenvalue weighted by atomic mass is 79.9. The topological polar surface area (TPSA) is 54.3 Å². The summed E-state index contributed by atoms with van der Waals surface area (Å²) in [5.74, 6) is -0.831. The summed E-state index contributed by atoms with van der Waals surface area (Å²) >= 11 is 3.45. The Hall–Kier alpha value is -2.11. The summed E-state index contributed by atoms with van der Waals surface area (Å²) in [6, 6.07) is 15.8. The van der Waals surface area contributed by atoms with Crippen molar-refractivity contribution in [1.29, 1.82) is 0 Å². The molecule has 3 rings (SSSR count). The molecule has 3 aromatic rings. The summed E-state index contributed by atoms with van der Waals surface area (Å²) in [5, 5.41) is 13.3. The van der Waals surface area contributed by atoms with Crippen molar-refractivity contribution in [3.8, 4) is 0 Å². The van der Waals surface area contributed by atoms with Crippen LogP contribution in [0.15, 0.2) is 59.2 Å². The molecule has 0 spiro atoms. The second kappa shape index (κ2) is 7.20. The van der Waals surface area contributed by atoms with Crippen molar-refractivity contribution >= 4 is 32.8 Å². The van der Waals surface area contributed by atoms with Gasteiger partial charge >= 0.3 is 5.97 Å². The van der Waals surface area contributed by atoms with Crippen molar-refractivity contribution in [2.24, 2.45) is 0 Å². The number of carboxylic acid groups (broad SMARTS) is 1. The lowest BCUT2D eigenvalue weighted by atomic mass is 10.1. The average molecular weight is 387 g/mol. The van der Waals surface area contributed by atoms with Gasteiger partial charge in [-0.25, -0.2) is 0 Å². The Morgan fingerprint density at radius 2 is 1.92 bits per heavy atom. The number of rotatable bonds is 6. The predicted octanol–water partition coefficient (Wildman–Crippen LogP) is 3.67. The van der Waals surface area contributed by atoms with Crippen LogP contribution >= 0.6 is 15.9 Å². The van der Waals surface area contributed by atoms with E-state index in [0.717, 1.165) is 27.5 Å². The van der Waals surface area contributed by atoms with E-state index in [0.29, 0.717) is 6.42 Å². The van der Waals surface area contributed by atoms with Gasteiger partial charge in [0.1, 0.15) is 6.04 Å². The van der Waals surface area contributed by atoms with Crippen LogP contribution in [0.25, 0.3) is 10.9 Å². The van der Waals surface area contributed by atoms with E-state index in [4.69, 9.17) is 0 Å². The van der Waals surface area contributed by atoms with Crippen LogP contribution in [-0.2, 0) is 17.8 Å². The van der Waals surface area contributed by atoms with Gasteiger partial charge in [0.05, 0.1) is 0 Å². The second-order valence-electron chi connectivity index (χ2n) is 5.81. The third-order valence-corrected chi connectivity index (χ3v) is 4.74. The first-order valence-electron chi connectivity index (χ1n) is 7.79. The second-order valence-corrected chi connectivity index (χ2v) is 6.73. The van der Waals surface area contributed by atoms with Crippen LogP contribution in [0.2, 0.25) is 0 Å². The number of likely N-dealkylation sites (N-methyl/N-ethyl adjacent to an activating group) is 1. The van der Waals surface area contributed by atoms with E-state index in [-0.39, 0.29) is 0 Å². The van der Waals surface area contributed by atoms with Crippen LogP contribution < -0.4 is 5.32 Å². The number of aromatic nitrogens is 1. The molecule has 124 valence electrons. The molecular weight excluding hydrogens is 368 g/mol. The molecule has 0 aliphatic carbocycles. The zero-order chi connectivity index (χ0) is 17.1. The van der Waals surface area contributed by atoms with Crippen LogP contribution in [0.5, 0.6) is 0 Å². The molecule has 2 N–H and O–H groups in total. The van der Waals surface area contributed by atoms with Crippen molar-refractivity contribution in [3.05, 3.63) is 70.3 Å². The van der Waals surface area contributed by atoms with Crippen molar-refractivity contribution in [2.75, 3.05) is 7.05 Å². The monoisotopic (exact) mass is 386 g/mol. The number of hydrogen-bond acceptors (Lipinski definition) is 2. The third kappa shape index (κ3) is 3.52. The number of para-hydroxylation sites is 1. The summed E-state index contributed by atoms with van der Waals surface area (Å²) in [6.45, 7) is 0.755. The van der Waals surface area contributed by atoms with Crippen LogP contribution in [-0.4, -0.2) is 28.7 Å². The maximum atomic E-state index is 11.3. The van der Waals surface area contributed by atoms with E-state index in [1.807, 2.05) is 24.3 Å². The van der Waals surface area contributed by atoms with E-state index in [2.05, 4.69) is 56.3 Å². The summed E-state index contributed by atoms with van der Waals surface area (Å²) in [7, 11) is 1.68. The maximum absolute atomic E-state index is 11.3. The number of halogens is 1. The van der Waals surface area contributed by atoms with Crippen molar-refractivity contribution < 1.29 is 9.90 Å². The highest BCUT2D eigenvalue weighted by molar-refractivity contribution is 9.10. The van der Waals surface area contributed by atoms with Gasteiger partial charge in [-0.1, -0.05) is 46.3 Å². The van der Waals surface area contributed by atoms with Crippen LogP contribution in [0.3, 0.4) is 0 Å². The number of fused-ring (bicyclic) bond motifs is 1. The SMILES string of the molecule is CN[C@@H](Cc1cn(Cc2ccc(Br)cc2)c2ccccc12)C(=O)O. The smallest absolute Gasteiger partial charge is 0.321 e. The minimum atomic E-state index is -0.831. The Bertz CT molecular complexity index is 855. The number of carboxylic acids is 1. The first kappa shape index (κ1) is 16.7. The van der Waals surface area contributed by atoms with Crippen molar-refractivity contribution in [3.63, 3.8) is 0 Å². The molecule has 0 saturated carbocycles. The predicted molar refractivity (Wildman–Crippen MR) is 99.4 cm³/mol. The Kier molecular flexibility index (Phi) is 5.02. The molecule has 0 amide bonds. The zero-order valence-electron chi connectivity index (χ0n) is 13.4. The van der Waals surface area contributed by atoms with Gasteiger partial charge in [-0.3, -0.25) is 4.79 Å². The van der Waals surface area contributed by atoms with Crippen LogP contribution in [0.1, 0.15) is 11.1 Å². The van der Waals surface area contributed by atoms with E-state index in [1.165, 1.54) is 5.56 Å². The number of nitrogens with one attached hydrogen (secondary N) is 1. The normalized spacial score (nSPS) is 12.4. The Morgan fingerprint density at radius 1 is 1.21 bits per heavy atom. The number of nitrogens with zero attached hydrogens (tertiary/aromatic N) is 1. The molecule has 0 aliphatic rings. The molecule has 1 aromatic heterocycles. The van der Waals surface area contributed by atoms with Gasteiger partial charge in [0.15, 0.2) is 0 Å². The molecule has 0 saturated heterocycles. The van der Waals surface area contributed by atoms with Gasteiger partial charge in [-0.2, -0.15) is 0 Å². The van der Waals surface area contributed by atoms with Gasteiger partial charge in [-0.05, 0) is 36.4 Å². The van der Waals surface area contributed by atoms with Gasteiger partial charge in [0.2, 0.25) is 0 Å².